The molecule has 0 spiro atoms. The average molecular weight is 429 g/mol. The van der Waals surface area contributed by atoms with Gasteiger partial charge in [-0.15, -0.1) is 0 Å². The molecule has 0 aromatic heterocycles. The Kier molecular flexibility index (Phi) is 4.24. The zero-order valence-corrected chi connectivity index (χ0v) is 15.4. The number of ether oxygens (including phenoxy) is 2. The van der Waals surface area contributed by atoms with Crippen molar-refractivity contribution in [3.63, 3.8) is 0 Å². The molecule has 1 N–H and O–H groups in total. The fourth-order valence-electron chi connectivity index (χ4n) is 4.34. The van der Waals surface area contributed by atoms with Crippen molar-refractivity contribution in [2.75, 3.05) is 11.9 Å². The third-order valence-electron chi connectivity index (χ3n) is 5.31. The van der Waals surface area contributed by atoms with Gasteiger partial charge in [-0.1, -0.05) is 27.5 Å². The van der Waals surface area contributed by atoms with Crippen LogP contribution in [0.25, 0.3) is 0 Å². The molecule has 2 aliphatic carbocycles. The van der Waals surface area contributed by atoms with E-state index in [-0.39, 0.29) is 23.9 Å². The molecule has 6 nitrogen and oxygen atoms in total. The van der Waals surface area contributed by atoms with Crippen LogP contribution in [0.4, 0.5) is 5.69 Å². The Morgan fingerprint density at radius 2 is 2.16 bits per heavy atom. The second-order valence-electron chi connectivity index (χ2n) is 6.70. The summed E-state index contributed by atoms with van der Waals surface area (Å²) in [6, 6.07) is 5.04. The number of anilines is 1. The van der Waals surface area contributed by atoms with Crippen LogP contribution in [-0.2, 0) is 23.9 Å². The summed E-state index contributed by atoms with van der Waals surface area (Å²) in [6.07, 6.45) is 1.50. The predicted octanol–water partition coefficient (Wildman–Crippen LogP) is 2.78. The minimum absolute atomic E-state index is 0.0330. The lowest BCUT2D eigenvalue weighted by molar-refractivity contribution is -0.157. The highest BCUT2D eigenvalue weighted by Gasteiger charge is 2.64. The lowest BCUT2D eigenvalue weighted by atomic mass is 9.80. The number of hydrogen-bond donors (Lipinski definition) is 1. The topological polar surface area (TPSA) is 81.7 Å². The first-order valence-electron chi connectivity index (χ1n) is 8.06. The fourth-order valence-corrected chi connectivity index (χ4v) is 5.06. The molecule has 1 amide bonds. The number of hydrogen-bond acceptors (Lipinski definition) is 5. The van der Waals surface area contributed by atoms with Crippen molar-refractivity contribution in [2.24, 2.45) is 23.7 Å². The first kappa shape index (κ1) is 16.8. The van der Waals surface area contributed by atoms with Crippen molar-refractivity contribution < 1.29 is 23.9 Å². The van der Waals surface area contributed by atoms with Gasteiger partial charge < -0.3 is 14.8 Å². The van der Waals surface area contributed by atoms with Crippen molar-refractivity contribution in [3.8, 4) is 0 Å². The number of fused-ring (bicyclic) bond motifs is 1. The molecule has 0 unspecified atom stereocenters. The summed E-state index contributed by atoms with van der Waals surface area (Å²) in [5.41, 5.74) is 0.438. The number of halogens is 2. The number of esters is 2. The minimum atomic E-state index is -0.494. The van der Waals surface area contributed by atoms with Crippen LogP contribution < -0.4 is 5.32 Å². The van der Waals surface area contributed by atoms with E-state index in [1.165, 1.54) is 0 Å². The van der Waals surface area contributed by atoms with E-state index < -0.39 is 30.3 Å². The van der Waals surface area contributed by atoms with Crippen LogP contribution in [0.3, 0.4) is 0 Å². The number of carbonyl (C=O) groups excluding carboxylic acids is 3. The van der Waals surface area contributed by atoms with Gasteiger partial charge in [-0.2, -0.15) is 0 Å². The molecule has 0 radical (unpaired) electrons. The first-order chi connectivity index (χ1) is 11.9. The Labute approximate surface area is 157 Å². The Morgan fingerprint density at radius 1 is 1.36 bits per heavy atom. The van der Waals surface area contributed by atoms with Gasteiger partial charge in [-0.25, -0.2) is 0 Å². The normalized spacial score (nSPS) is 31.8. The summed E-state index contributed by atoms with van der Waals surface area (Å²) in [5.74, 6) is -1.92. The Hall–Kier alpha value is -1.60. The molecule has 1 aromatic rings. The SMILES string of the molecule is O=C(COC(=O)[C@@H]1[C@@H]2C[C@@H]3[C@@H]1C(=O)O[C@H]3C2)Nc1ccc(Br)cc1Cl. The van der Waals surface area contributed by atoms with Gasteiger partial charge in [0.05, 0.1) is 22.5 Å². The van der Waals surface area contributed by atoms with Crippen LogP contribution >= 0.6 is 27.5 Å². The molecule has 132 valence electrons. The van der Waals surface area contributed by atoms with E-state index in [4.69, 9.17) is 21.1 Å². The van der Waals surface area contributed by atoms with Gasteiger partial charge in [0.25, 0.3) is 5.91 Å². The van der Waals surface area contributed by atoms with E-state index in [0.717, 1.165) is 10.9 Å². The molecule has 1 saturated heterocycles. The van der Waals surface area contributed by atoms with E-state index in [9.17, 15) is 14.4 Å². The van der Waals surface area contributed by atoms with Gasteiger partial charge in [-0.3, -0.25) is 14.4 Å². The number of carbonyl (C=O) groups is 3. The molecule has 1 aromatic carbocycles. The van der Waals surface area contributed by atoms with Gasteiger partial charge in [0, 0.05) is 10.4 Å². The third kappa shape index (κ3) is 2.93. The number of amides is 1. The zero-order chi connectivity index (χ0) is 17.7. The first-order valence-corrected chi connectivity index (χ1v) is 9.23. The van der Waals surface area contributed by atoms with Gasteiger partial charge in [0.1, 0.15) is 6.10 Å². The molecule has 25 heavy (non-hydrogen) atoms. The molecule has 3 aliphatic rings. The maximum absolute atomic E-state index is 12.4. The van der Waals surface area contributed by atoms with Crippen LogP contribution in [0.2, 0.25) is 5.02 Å². The van der Waals surface area contributed by atoms with Crippen LogP contribution in [0.15, 0.2) is 22.7 Å². The summed E-state index contributed by atoms with van der Waals surface area (Å²) in [7, 11) is 0. The maximum Gasteiger partial charge on any atom is 0.310 e. The van der Waals surface area contributed by atoms with Crippen molar-refractivity contribution in [1.82, 2.24) is 0 Å². The molecule has 1 aliphatic heterocycles. The third-order valence-corrected chi connectivity index (χ3v) is 6.11. The molecular weight excluding hydrogens is 414 g/mol. The monoisotopic (exact) mass is 427 g/mol. The summed E-state index contributed by atoms with van der Waals surface area (Å²) in [6.45, 7) is -0.412. The number of nitrogens with one attached hydrogen (secondary N) is 1. The molecule has 4 rings (SSSR count). The van der Waals surface area contributed by atoms with Gasteiger partial charge in [0.15, 0.2) is 6.61 Å². The fraction of sp³-hybridized carbons (Fsp3) is 0.471. The lowest BCUT2D eigenvalue weighted by Gasteiger charge is -2.22. The highest BCUT2D eigenvalue weighted by atomic mass is 79.9. The molecule has 8 heteroatoms. The largest absolute Gasteiger partial charge is 0.462 e. The Balaban J connectivity index is 1.34. The standard InChI is InChI=1S/C17H15BrClNO5/c18-8-1-2-11(10(19)5-8)20-13(21)6-24-16(22)14-7-3-9-12(4-7)25-17(23)15(9)14/h1-2,5,7,9,12,14-15H,3-4,6H2,(H,20,21)/t7-,9+,12+,14-,15+/m1/s1. The Bertz CT molecular complexity index is 767. The van der Waals surface area contributed by atoms with E-state index in [1.54, 1.807) is 18.2 Å². The van der Waals surface area contributed by atoms with Crippen molar-refractivity contribution in [1.29, 1.82) is 0 Å². The van der Waals surface area contributed by atoms with E-state index in [0.29, 0.717) is 17.1 Å². The van der Waals surface area contributed by atoms with Crippen LogP contribution in [-0.4, -0.2) is 30.6 Å². The highest BCUT2D eigenvalue weighted by molar-refractivity contribution is 9.10. The summed E-state index contributed by atoms with van der Waals surface area (Å²) in [4.78, 5) is 36.3. The van der Waals surface area contributed by atoms with Crippen molar-refractivity contribution in [3.05, 3.63) is 27.7 Å². The second-order valence-corrected chi connectivity index (χ2v) is 8.03. The van der Waals surface area contributed by atoms with Crippen LogP contribution in [0, 0.1) is 23.7 Å². The summed E-state index contributed by atoms with van der Waals surface area (Å²) < 4.78 is 11.3. The van der Waals surface area contributed by atoms with Crippen LogP contribution in [0.1, 0.15) is 12.8 Å². The molecular formula is C17H15BrClNO5. The molecule has 5 atom stereocenters. The van der Waals surface area contributed by atoms with Gasteiger partial charge >= 0.3 is 11.9 Å². The van der Waals surface area contributed by atoms with E-state index >= 15 is 0 Å². The quantitative estimate of drug-likeness (QED) is 0.746. The molecule has 2 saturated carbocycles. The molecule has 3 fully saturated rings. The van der Waals surface area contributed by atoms with Gasteiger partial charge in [-0.05, 0) is 37.0 Å². The number of rotatable bonds is 4. The average Bonchev–Trinajstić information content (AvgIpc) is 3.17. The van der Waals surface area contributed by atoms with Crippen molar-refractivity contribution in [2.45, 2.75) is 18.9 Å². The Morgan fingerprint density at radius 3 is 2.92 bits per heavy atom. The summed E-state index contributed by atoms with van der Waals surface area (Å²) >= 11 is 9.32. The lowest BCUT2D eigenvalue weighted by Crippen LogP contribution is -2.34. The molecule has 1 heterocycles. The van der Waals surface area contributed by atoms with Crippen LogP contribution in [0.5, 0.6) is 0 Å². The minimum Gasteiger partial charge on any atom is -0.462 e. The second kappa shape index (κ2) is 6.29. The maximum atomic E-state index is 12.4. The highest BCUT2D eigenvalue weighted by Crippen LogP contribution is 2.57. The molecule has 2 bridgehead atoms. The van der Waals surface area contributed by atoms with Gasteiger partial charge in [0.2, 0.25) is 0 Å². The van der Waals surface area contributed by atoms with E-state index in [2.05, 4.69) is 21.2 Å². The smallest absolute Gasteiger partial charge is 0.310 e. The predicted molar refractivity (Wildman–Crippen MR) is 91.8 cm³/mol. The zero-order valence-electron chi connectivity index (χ0n) is 13.0. The van der Waals surface area contributed by atoms with Crippen molar-refractivity contribution >= 4 is 51.1 Å². The summed E-state index contributed by atoms with van der Waals surface area (Å²) in [5, 5.41) is 2.98. The van der Waals surface area contributed by atoms with E-state index in [1.807, 2.05) is 0 Å². The number of benzene rings is 1.